The number of alkyl halides is 2. The van der Waals surface area contributed by atoms with Crippen molar-refractivity contribution in [2.45, 2.75) is 31.7 Å². The Kier molecular flexibility index (Phi) is 6.81. The molecule has 0 radical (unpaired) electrons. The van der Waals surface area contributed by atoms with Crippen LogP contribution in [0.5, 0.6) is 23.0 Å². The molecule has 2 aromatic rings. The summed E-state index contributed by atoms with van der Waals surface area (Å²) in [6.45, 7) is 0. The average molecular weight is 470 g/mol. The number of non-ortho nitro benzene ring substituents is 2. The lowest BCUT2D eigenvalue weighted by Gasteiger charge is -2.47. The van der Waals surface area contributed by atoms with Gasteiger partial charge in [-0.15, -0.1) is 0 Å². The summed E-state index contributed by atoms with van der Waals surface area (Å²) in [7, 11) is 2.40. The summed E-state index contributed by atoms with van der Waals surface area (Å²) in [4.78, 5) is 20.5. The van der Waals surface area contributed by atoms with Crippen molar-refractivity contribution in [3.05, 3.63) is 56.6 Å². The minimum absolute atomic E-state index is 0.143. The Bertz CT molecular complexity index is 971. The van der Waals surface area contributed by atoms with Crippen LogP contribution in [0.25, 0.3) is 0 Å². The average Bonchev–Trinajstić information content (AvgIpc) is 2.76. The number of nitrogens with zero attached hydrogens (tertiary/aromatic N) is 2. The fourth-order valence-corrected chi connectivity index (χ4v) is 3.48. The third-order valence-electron chi connectivity index (χ3n) is 5.31. The van der Waals surface area contributed by atoms with Crippen molar-refractivity contribution in [1.29, 1.82) is 0 Å². The predicted octanol–water partition coefficient (Wildman–Crippen LogP) is 3.71. The van der Waals surface area contributed by atoms with Gasteiger partial charge in [-0.2, -0.15) is 0 Å². The highest BCUT2D eigenvalue weighted by molar-refractivity contribution is 5.49. The highest BCUT2D eigenvalue weighted by Gasteiger charge is 2.59. The molecule has 13 heteroatoms. The molecule has 0 heterocycles. The van der Waals surface area contributed by atoms with E-state index in [9.17, 15) is 25.3 Å². The van der Waals surface area contributed by atoms with Crippen LogP contribution in [0.1, 0.15) is 12.8 Å². The van der Waals surface area contributed by atoms with Crippen molar-refractivity contribution in [2.24, 2.45) is 5.41 Å². The first-order valence-electron chi connectivity index (χ1n) is 9.55. The molecule has 33 heavy (non-hydrogen) atoms. The lowest BCUT2D eigenvalue weighted by molar-refractivity contribution is -0.385. The summed E-state index contributed by atoms with van der Waals surface area (Å²) in [6, 6.07) is 6.40. The van der Waals surface area contributed by atoms with Gasteiger partial charge in [0.25, 0.3) is 24.1 Å². The standard InChI is InChI=1S/C20H20F2N2O9/c1-30-16-7-11(23(26)27)3-5-14(16)32-18(21)20(9-13(25)10-20)19(22)33-15-6-4-12(24(28)29)8-17(15)31-2/h3-8,13,18-19,25H,9-10H2,1-2H3. The van der Waals surface area contributed by atoms with E-state index in [1.54, 1.807) is 0 Å². The normalized spacial score (nSPS) is 21.3. The number of methoxy groups -OCH3 is 2. The zero-order valence-corrected chi connectivity index (χ0v) is 17.5. The van der Waals surface area contributed by atoms with Gasteiger partial charge in [0.05, 0.1) is 42.3 Å². The van der Waals surface area contributed by atoms with Crippen molar-refractivity contribution in [1.82, 2.24) is 0 Å². The Balaban J connectivity index is 1.84. The number of aliphatic hydroxyl groups excluding tert-OH is 1. The molecule has 0 saturated heterocycles. The molecule has 178 valence electrons. The number of aliphatic hydroxyl groups is 1. The summed E-state index contributed by atoms with van der Waals surface area (Å²) < 4.78 is 51.0. The zero-order chi connectivity index (χ0) is 24.3. The maximum Gasteiger partial charge on any atom is 0.273 e. The van der Waals surface area contributed by atoms with Crippen molar-refractivity contribution in [2.75, 3.05) is 14.2 Å². The minimum atomic E-state index is -2.34. The molecule has 11 nitrogen and oxygen atoms in total. The number of nitro groups is 2. The fraction of sp³-hybridized carbons (Fsp3) is 0.400. The van der Waals surface area contributed by atoms with Crippen molar-refractivity contribution < 1.29 is 42.7 Å². The van der Waals surface area contributed by atoms with E-state index in [0.29, 0.717) is 0 Å². The molecule has 2 atom stereocenters. The van der Waals surface area contributed by atoms with Gasteiger partial charge >= 0.3 is 0 Å². The predicted molar refractivity (Wildman–Crippen MR) is 108 cm³/mol. The summed E-state index contributed by atoms with van der Waals surface area (Å²) in [6.07, 6.45) is -6.38. The second-order valence-electron chi connectivity index (χ2n) is 7.35. The minimum Gasteiger partial charge on any atom is -0.493 e. The van der Waals surface area contributed by atoms with E-state index in [2.05, 4.69) is 0 Å². The molecule has 0 aliphatic heterocycles. The third kappa shape index (κ3) is 4.72. The lowest BCUT2D eigenvalue weighted by atomic mass is 9.66. The number of hydrogen-bond donors (Lipinski definition) is 1. The van der Waals surface area contributed by atoms with Crippen LogP contribution in [0.15, 0.2) is 36.4 Å². The van der Waals surface area contributed by atoms with Gasteiger partial charge in [-0.25, -0.2) is 8.78 Å². The van der Waals surface area contributed by atoms with Crippen LogP contribution in [0.3, 0.4) is 0 Å². The molecule has 0 spiro atoms. The van der Waals surface area contributed by atoms with Gasteiger partial charge in [0.2, 0.25) is 0 Å². The molecule has 2 aromatic carbocycles. The number of rotatable bonds is 10. The SMILES string of the molecule is COc1cc([N+](=O)[O-])ccc1OC(F)C1(C(F)Oc2ccc([N+](=O)[O-])cc2OC)CC(O)C1. The van der Waals surface area contributed by atoms with Crippen LogP contribution in [0.4, 0.5) is 20.2 Å². The van der Waals surface area contributed by atoms with Gasteiger partial charge in [-0.3, -0.25) is 20.2 Å². The number of hydrogen-bond acceptors (Lipinski definition) is 9. The quantitative estimate of drug-likeness (QED) is 0.406. The van der Waals surface area contributed by atoms with E-state index < -0.39 is 34.1 Å². The molecule has 1 saturated carbocycles. The van der Waals surface area contributed by atoms with E-state index in [1.807, 2.05) is 0 Å². The zero-order valence-electron chi connectivity index (χ0n) is 17.5. The largest absolute Gasteiger partial charge is 0.493 e. The molecule has 0 bridgehead atoms. The Morgan fingerprint density at radius 1 is 0.879 bits per heavy atom. The monoisotopic (exact) mass is 470 g/mol. The van der Waals surface area contributed by atoms with E-state index in [4.69, 9.17) is 18.9 Å². The summed E-state index contributed by atoms with van der Waals surface area (Å²) in [5, 5.41) is 31.6. The lowest BCUT2D eigenvalue weighted by Crippen LogP contribution is -2.57. The molecule has 1 aliphatic carbocycles. The highest BCUT2D eigenvalue weighted by Crippen LogP contribution is 2.51. The maximum atomic E-state index is 15.3. The van der Waals surface area contributed by atoms with Crippen LogP contribution in [0, 0.1) is 25.6 Å². The molecule has 3 rings (SSSR count). The highest BCUT2D eigenvalue weighted by atomic mass is 19.2. The van der Waals surface area contributed by atoms with Crippen LogP contribution in [-0.2, 0) is 0 Å². The number of ether oxygens (including phenoxy) is 4. The first-order chi connectivity index (χ1) is 15.6. The van der Waals surface area contributed by atoms with Crippen LogP contribution >= 0.6 is 0 Å². The van der Waals surface area contributed by atoms with Gasteiger partial charge < -0.3 is 24.1 Å². The second-order valence-corrected chi connectivity index (χ2v) is 7.35. The summed E-state index contributed by atoms with van der Waals surface area (Å²) >= 11 is 0. The Hall–Kier alpha value is -3.74. The number of benzene rings is 2. The van der Waals surface area contributed by atoms with Crippen LogP contribution in [-0.4, -0.2) is 48.0 Å². The third-order valence-corrected chi connectivity index (χ3v) is 5.31. The first-order valence-corrected chi connectivity index (χ1v) is 9.55. The van der Waals surface area contributed by atoms with E-state index in [0.717, 1.165) is 36.4 Å². The van der Waals surface area contributed by atoms with Gasteiger partial charge in [0.15, 0.2) is 23.0 Å². The first kappa shape index (κ1) is 23.9. The molecule has 0 amide bonds. The van der Waals surface area contributed by atoms with Crippen LogP contribution in [0.2, 0.25) is 0 Å². The molecule has 0 aromatic heterocycles. The van der Waals surface area contributed by atoms with E-state index in [1.165, 1.54) is 14.2 Å². The number of nitro benzene ring substituents is 2. The summed E-state index contributed by atoms with van der Waals surface area (Å²) in [5.41, 5.74) is -2.57. The van der Waals surface area contributed by atoms with Gasteiger partial charge in [0.1, 0.15) is 5.41 Å². The van der Waals surface area contributed by atoms with Crippen molar-refractivity contribution >= 4 is 11.4 Å². The topological polar surface area (TPSA) is 143 Å². The van der Waals surface area contributed by atoms with Gasteiger partial charge in [-0.1, -0.05) is 0 Å². The second kappa shape index (κ2) is 9.40. The van der Waals surface area contributed by atoms with E-state index >= 15 is 8.78 Å². The molecular formula is C20H20F2N2O9. The summed E-state index contributed by atoms with van der Waals surface area (Å²) in [5.74, 6) is -0.710. The Labute approximate surface area is 185 Å². The number of halogens is 2. The molecule has 1 aliphatic rings. The smallest absolute Gasteiger partial charge is 0.273 e. The Morgan fingerprint density at radius 3 is 1.58 bits per heavy atom. The van der Waals surface area contributed by atoms with Crippen molar-refractivity contribution in [3.63, 3.8) is 0 Å². The van der Waals surface area contributed by atoms with Gasteiger partial charge in [0, 0.05) is 12.1 Å². The van der Waals surface area contributed by atoms with E-state index in [-0.39, 0.29) is 47.2 Å². The Morgan fingerprint density at radius 2 is 1.27 bits per heavy atom. The molecule has 2 unspecified atom stereocenters. The van der Waals surface area contributed by atoms with Crippen LogP contribution < -0.4 is 18.9 Å². The molecular weight excluding hydrogens is 450 g/mol. The maximum absolute atomic E-state index is 15.3. The van der Waals surface area contributed by atoms with Gasteiger partial charge in [-0.05, 0) is 25.0 Å². The molecule has 1 fully saturated rings. The fourth-order valence-electron chi connectivity index (χ4n) is 3.48. The van der Waals surface area contributed by atoms with Crippen molar-refractivity contribution in [3.8, 4) is 23.0 Å². The molecule has 1 N–H and O–H groups in total.